The van der Waals surface area contributed by atoms with Crippen molar-refractivity contribution >= 4 is 27.9 Å². The minimum absolute atomic E-state index is 0.0137. The van der Waals surface area contributed by atoms with Crippen LogP contribution in [0.25, 0.3) is 0 Å². The van der Waals surface area contributed by atoms with Gasteiger partial charge in [-0.25, -0.2) is 14.0 Å². The fourth-order valence-electron chi connectivity index (χ4n) is 2.79. The Balaban J connectivity index is 2.63. The van der Waals surface area contributed by atoms with Gasteiger partial charge in [-0.1, -0.05) is 6.07 Å². The summed E-state index contributed by atoms with van der Waals surface area (Å²) in [5, 5.41) is 0. The van der Waals surface area contributed by atoms with Gasteiger partial charge in [0.15, 0.2) is 0 Å². The summed E-state index contributed by atoms with van der Waals surface area (Å²) in [6.07, 6.45) is 3.35. The average molecular weight is 440 g/mol. The van der Waals surface area contributed by atoms with Gasteiger partial charge >= 0.3 is 11.9 Å². The third kappa shape index (κ3) is 4.77. The SMILES string of the molecule is CCOC(=O)C1=CN(C(C)C)C=C(C(=O)OCC)C1c1ccc(F)c(Br)c1. The summed E-state index contributed by atoms with van der Waals surface area (Å²) >= 11 is 3.17. The lowest BCUT2D eigenvalue weighted by Gasteiger charge is -2.32. The molecule has 1 aliphatic heterocycles. The predicted molar refractivity (Wildman–Crippen MR) is 103 cm³/mol. The van der Waals surface area contributed by atoms with Crippen LogP contribution in [0.1, 0.15) is 39.2 Å². The number of rotatable bonds is 6. The molecule has 0 saturated heterocycles. The molecule has 1 aromatic carbocycles. The minimum atomic E-state index is -0.713. The van der Waals surface area contributed by atoms with Crippen molar-refractivity contribution in [2.75, 3.05) is 13.2 Å². The second-order valence-corrected chi connectivity index (χ2v) is 7.11. The Morgan fingerprint density at radius 1 is 1.11 bits per heavy atom. The van der Waals surface area contributed by atoms with Crippen LogP contribution < -0.4 is 0 Å². The number of hydrogen-bond donors (Lipinski definition) is 0. The van der Waals surface area contributed by atoms with E-state index in [0.29, 0.717) is 16.7 Å². The molecule has 27 heavy (non-hydrogen) atoms. The van der Waals surface area contributed by atoms with Crippen molar-refractivity contribution in [3.05, 3.63) is 57.6 Å². The molecule has 146 valence electrons. The van der Waals surface area contributed by atoms with Crippen molar-refractivity contribution in [3.8, 4) is 0 Å². The van der Waals surface area contributed by atoms with Crippen LogP contribution in [-0.4, -0.2) is 36.1 Å². The monoisotopic (exact) mass is 439 g/mol. The van der Waals surface area contributed by atoms with E-state index < -0.39 is 23.7 Å². The number of benzene rings is 1. The van der Waals surface area contributed by atoms with Gasteiger partial charge in [0.2, 0.25) is 0 Å². The molecular formula is C20H23BrFNO4. The standard InChI is InChI=1S/C20H23BrFNO4/c1-5-26-19(24)14-10-23(12(3)4)11-15(20(25)27-6-2)18(14)13-7-8-17(22)16(21)9-13/h7-12,18H,5-6H2,1-4H3. The molecule has 1 aliphatic rings. The van der Waals surface area contributed by atoms with Crippen LogP contribution in [0.2, 0.25) is 0 Å². The Bertz CT molecular complexity index is 752. The highest BCUT2D eigenvalue weighted by atomic mass is 79.9. The van der Waals surface area contributed by atoms with Crippen molar-refractivity contribution in [3.63, 3.8) is 0 Å². The van der Waals surface area contributed by atoms with Crippen molar-refractivity contribution < 1.29 is 23.5 Å². The van der Waals surface area contributed by atoms with Crippen LogP contribution in [0, 0.1) is 5.82 Å². The largest absolute Gasteiger partial charge is 0.463 e. The molecule has 1 heterocycles. The molecule has 0 aliphatic carbocycles. The van der Waals surface area contributed by atoms with Crippen LogP contribution in [0.15, 0.2) is 46.2 Å². The minimum Gasteiger partial charge on any atom is -0.463 e. The summed E-state index contributed by atoms with van der Waals surface area (Å²) in [5.74, 6) is -2.19. The lowest BCUT2D eigenvalue weighted by Crippen LogP contribution is -2.32. The lowest BCUT2D eigenvalue weighted by molar-refractivity contribution is -0.139. The molecular weight excluding hydrogens is 417 g/mol. The fraction of sp³-hybridized carbons (Fsp3) is 0.400. The van der Waals surface area contributed by atoms with Gasteiger partial charge in [0, 0.05) is 18.4 Å². The van der Waals surface area contributed by atoms with Crippen molar-refractivity contribution in [1.82, 2.24) is 4.90 Å². The molecule has 7 heteroatoms. The topological polar surface area (TPSA) is 55.8 Å². The summed E-state index contributed by atoms with van der Waals surface area (Å²) in [7, 11) is 0. The Kier molecular flexibility index (Phi) is 7.18. The van der Waals surface area contributed by atoms with Crippen molar-refractivity contribution in [1.29, 1.82) is 0 Å². The molecule has 0 fully saturated rings. The molecule has 0 spiro atoms. The number of ether oxygens (including phenoxy) is 2. The molecule has 0 atom stereocenters. The summed E-state index contributed by atoms with van der Waals surface area (Å²) in [6, 6.07) is 4.42. The van der Waals surface area contributed by atoms with Crippen molar-refractivity contribution in [2.45, 2.75) is 39.7 Å². The van der Waals surface area contributed by atoms with Crippen LogP contribution in [0.3, 0.4) is 0 Å². The normalized spacial score (nSPS) is 14.7. The van der Waals surface area contributed by atoms with Crippen LogP contribution >= 0.6 is 15.9 Å². The van der Waals surface area contributed by atoms with Gasteiger partial charge in [0.25, 0.3) is 0 Å². The zero-order valence-electron chi connectivity index (χ0n) is 15.8. The number of carbonyl (C=O) groups excluding carboxylic acids is 2. The molecule has 0 N–H and O–H groups in total. The maximum Gasteiger partial charge on any atom is 0.336 e. The first-order valence-electron chi connectivity index (χ1n) is 8.80. The fourth-order valence-corrected chi connectivity index (χ4v) is 3.19. The second kappa shape index (κ2) is 9.17. The predicted octanol–water partition coefficient (Wildman–Crippen LogP) is 4.29. The highest BCUT2D eigenvalue weighted by Crippen LogP contribution is 2.38. The van der Waals surface area contributed by atoms with Gasteiger partial charge in [-0.3, -0.25) is 0 Å². The molecule has 5 nitrogen and oxygen atoms in total. The van der Waals surface area contributed by atoms with E-state index in [-0.39, 0.29) is 23.7 Å². The number of hydrogen-bond acceptors (Lipinski definition) is 5. The summed E-state index contributed by atoms with van der Waals surface area (Å²) in [6.45, 7) is 7.72. The average Bonchev–Trinajstić information content (AvgIpc) is 2.63. The van der Waals surface area contributed by atoms with Crippen molar-refractivity contribution in [2.24, 2.45) is 0 Å². The Labute approximate surface area is 166 Å². The Morgan fingerprint density at radius 3 is 2.04 bits per heavy atom. The molecule has 0 unspecified atom stereocenters. The molecule has 1 aromatic rings. The van der Waals surface area contributed by atoms with E-state index in [0.717, 1.165) is 0 Å². The molecule has 2 rings (SSSR count). The molecule has 0 aromatic heterocycles. The molecule has 0 bridgehead atoms. The third-order valence-electron chi connectivity index (χ3n) is 4.09. The lowest BCUT2D eigenvalue weighted by atomic mass is 9.83. The first kappa shape index (κ1) is 21.2. The maximum absolute atomic E-state index is 13.7. The van der Waals surface area contributed by atoms with Gasteiger partial charge in [-0.15, -0.1) is 0 Å². The Hall–Kier alpha value is -2.15. The van der Waals surface area contributed by atoms with E-state index in [2.05, 4.69) is 15.9 Å². The zero-order valence-corrected chi connectivity index (χ0v) is 17.4. The Morgan fingerprint density at radius 2 is 1.63 bits per heavy atom. The number of esters is 2. The van der Waals surface area contributed by atoms with Gasteiger partial charge < -0.3 is 14.4 Å². The quantitative estimate of drug-likeness (QED) is 0.618. The van der Waals surface area contributed by atoms with Gasteiger partial charge in [0.1, 0.15) is 5.82 Å². The molecule has 0 radical (unpaired) electrons. The first-order valence-corrected chi connectivity index (χ1v) is 9.59. The summed E-state index contributed by atoms with van der Waals surface area (Å²) in [4.78, 5) is 27.1. The second-order valence-electron chi connectivity index (χ2n) is 6.26. The maximum atomic E-state index is 13.7. The zero-order chi connectivity index (χ0) is 20.1. The van der Waals surface area contributed by atoms with E-state index in [4.69, 9.17) is 9.47 Å². The van der Waals surface area contributed by atoms with Crippen LogP contribution in [0.4, 0.5) is 4.39 Å². The first-order chi connectivity index (χ1) is 12.8. The van der Waals surface area contributed by atoms with Gasteiger partial charge in [0.05, 0.1) is 34.8 Å². The highest BCUT2D eigenvalue weighted by Gasteiger charge is 2.36. The van der Waals surface area contributed by atoms with E-state index in [9.17, 15) is 14.0 Å². The van der Waals surface area contributed by atoms with Crippen LogP contribution in [0.5, 0.6) is 0 Å². The third-order valence-corrected chi connectivity index (χ3v) is 4.70. The van der Waals surface area contributed by atoms with Gasteiger partial charge in [-0.2, -0.15) is 0 Å². The highest BCUT2D eigenvalue weighted by molar-refractivity contribution is 9.10. The molecule has 0 saturated carbocycles. The number of nitrogens with zero attached hydrogens (tertiary/aromatic N) is 1. The number of carbonyl (C=O) groups is 2. The summed E-state index contributed by atoms with van der Waals surface area (Å²) in [5.41, 5.74) is 1.19. The van der Waals surface area contributed by atoms with Gasteiger partial charge in [-0.05, 0) is 61.3 Å². The summed E-state index contributed by atoms with van der Waals surface area (Å²) < 4.78 is 24.4. The van der Waals surface area contributed by atoms with E-state index in [1.807, 2.05) is 13.8 Å². The molecule has 0 amide bonds. The van der Waals surface area contributed by atoms with E-state index in [1.54, 1.807) is 43.3 Å². The van der Waals surface area contributed by atoms with E-state index in [1.165, 1.54) is 6.07 Å². The van der Waals surface area contributed by atoms with Crippen LogP contribution in [-0.2, 0) is 19.1 Å². The van der Waals surface area contributed by atoms with E-state index >= 15 is 0 Å². The smallest absolute Gasteiger partial charge is 0.336 e. The number of halogens is 2.